The van der Waals surface area contributed by atoms with E-state index in [0.29, 0.717) is 5.56 Å². The summed E-state index contributed by atoms with van der Waals surface area (Å²) in [5.74, 6) is -0.589. The number of hydrogen-bond acceptors (Lipinski definition) is 1. The normalized spacial score (nSPS) is 11.5. The summed E-state index contributed by atoms with van der Waals surface area (Å²) in [6.07, 6.45) is 0.227. The van der Waals surface area contributed by atoms with Gasteiger partial charge in [0.2, 0.25) is 0 Å². The summed E-state index contributed by atoms with van der Waals surface area (Å²) < 4.78 is 14.0. The van der Waals surface area contributed by atoms with Crippen LogP contribution in [0.5, 0.6) is 0 Å². The Bertz CT molecular complexity index is 648. The fourth-order valence-electron chi connectivity index (χ4n) is 2.27. The summed E-state index contributed by atoms with van der Waals surface area (Å²) in [5, 5.41) is 0. The Balaban J connectivity index is 2.18. The predicted molar refractivity (Wildman–Crippen MR) is 84.3 cm³/mol. The summed E-state index contributed by atoms with van der Waals surface area (Å²) in [7, 11) is 0. The van der Waals surface area contributed by atoms with Crippen molar-refractivity contribution in [3.05, 3.63) is 70.5 Å². The Kier molecular flexibility index (Phi) is 4.26. The van der Waals surface area contributed by atoms with Crippen molar-refractivity contribution in [2.45, 2.75) is 39.5 Å². The number of carbonyl (C=O) groups is 1. The maximum Gasteiger partial charge on any atom is 0.170 e. The second-order valence-electron chi connectivity index (χ2n) is 6.48. The molecule has 0 aliphatic rings. The van der Waals surface area contributed by atoms with Gasteiger partial charge in [0.15, 0.2) is 5.78 Å². The first-order valence-corrected chi connectivity index (χ1v) is 7.17. The molecule has 0 atom stereocenters. The van der Waals surface area contributed by atoms with Crippen LogP contribution in [0, 0.1) is 12.7 Å². The smallest absolute Gasteiger partial charge is 0.170 e. The minimum atomic E-state index is -0.409. The lowest BCUT2D eigenvalue weighted by atomic mass is 9.86. The van der Waals surface area contributed by atoms with Crippen LogP contribution in [-0.4, -0.2) is 5.78 Å². The molecule has 21 heavy (non-hydrogen) atoms. The Morgan fingerprint density at radius 1 is 1.05 bits per heavy atom. The average Bonchev–Trinajstić information content (AvgIpc) is 2.41. The van der Waals surface area contributed by atoms with Gasteiger partial charge in [-0.15, -0.1) is 0 Å². The summed E-state index contributed by atoms with van der Waals surface area (Å²) in [6, 6.07) is 12.9. The van der Waals surface area contributed by atoms with Crippen molar-refractivity contribution in [3.8, 4) is 0 Å². The van der Waals surface area contributed by atoms with Gasteiger partial charge in [-0.2, -0.15) is 0 Å². The van der Waals surface area contributed by atoms with Gasteiger partial charge < -0.3 is 0 Å². The second kappa shape index (κ2) is 5.80. The van der Waals surface area contributed by atoms with E-state index in [2.05, 4.69) is 20.8 Å². The first-order valence-electron chi connectivity index (χ1n) is 7.17. The highest BCUT2D eigenvalue weighted by Crippen LogP contribution is 2.23. The van der Waals surface area contributed by atoms with Gasteiger partial charge in [0.1, 0.15) is 5.82 Å². The number of halogens is 1. The van der Waals surface area contributed by atoms with E-state index in [1.165, 1.54) is 5.56 Å². The minimum absolute atomic E-state index is 0.0885. The molecule has 1 nitrogen and oxygen atoms in total. The topological polar surface area (TPSA) is 17.1 Å². The largest absolute Gasteiger partial charge is 0.294 e. The van der Waals surface area contributed by atoms with Crippen LogP contribution in [0.4, 0.5) is 4.39 Å². The van der Waals surface area contributed by atoms with Gasteiger partial charge in [-0.1, -0.05) is 57.2 Å². The van der Waals surface area contributed by atoms with Gasteiger partial charge >= 0.3 is 0 Å². The van der Waals surface area contributed by atoms with E-state index >= 15 is 0 Å². The zero-order valence-electron chi connectivity index (χ0n) is 13.0. The van der Waals surface area contributed by atoms with Crippen molar-refractivity contribution < 1.29 is 9.18 Å². The molecule has 0 amide bonds. The van der Waals surface area contributed by atoms with Gasteiger partial charge in [0, 0.05) is 6.42 Å². The van der Waals surface area contributed by atoms with Crippen LogP contribution >= 0.6 is 0 Å². The molecule has 110 valence electrons. The highest BCUT2D eigenvalue weighted by Gasteiger charge is 2.15. The number of carbonyl (C=O) groups excluding carboxylic acids is 1. The van der Waals surface area contributed by atoms with Crippen LogP contribution in [0.1, 0.15) is 47.8 Å². The maximum absolute atomic E-state index is 14.0. The standard InChI is InChI=1S/C19H21FO/c1-13-6-5-7-16(18(13)20)17(21)12-14-8-10-15(11-9-14)19(2,3)4/h5-11H,12H2,1-4H3. The SMILES string of the molecule is Cc1cccc(C(=O)Cc2ccc(C(C)(C)C)cc2)c1F. The zero-order chi connectivity index (χ0) is 15.6. The molecule has 0 radical (unpaired) electrons. The van der Waals surface area contributed by atoms with E-state index in [0.717, 1.165) is 5.56 Å². The van der Waals surface area contributed by atoms with Crippen LogP contribution in [0.3, 0.4) is 0 Å². The van der Waals surface area contributed by atoms with Gasteiger partial charge in [-0.25, -0.2) is 4.39 Å². The van der Waals surface area contributed by atoms with Gasteiger partial charge in [0.05, 0.1) is 5.56 Å². The maximum atomic E-state index is 14.0. The van der Waals surface area contributed by atoms with E-state index in [-0.39, 0.29) is 23.2 Å². The molecule has 0 saturated carbocycles. The second-order valence-corrected chi connectivity index (χ2v) is 6.48. The first-order chi connectivity index (χ1) is 9.79. The van der Waals surface area contributed by atoms with E-state index in [1.54, 1.807) is 25.1 Å². The molecule has 0 spiro atoms. The Morgan fingerprint density at radius 2 is 1.67 bits per heavy atom. The fourth-order valence-corrected chi connectivity index (χ4v) is 2.27. The number of aryl methyl sites for hydroxylation is 1. The van der Waals surface area contributed by atoms with Crippen molar-refractivity contribution in [1.82, 2.24) is 0 Å². The average molecular weight is 284 g/mol. The lowest BCUT2D eigenvalue weighted by Gasteiger charge is -2.19. The van der Waals surface area contributed by atoms with Crippen LogP contribution in [0.25, 0.3) is 0 Å². The molecule has 0 saturated heterocycles. The van der Waals surface area contributed by atoms with Crippen LogP contribution < -0.4 is 0 Å². The van der Waals surface area contributed by atoms with Gasteiger partial charge in [0.25, 0.3) is 0 Å². The summed E-state index contributed by atoms with van der Waals surface area (Å²) in [4.78, 5) is 12.2. The van der Waals surface area contributed by atoms with Crippen molar-refractivity contribution in [1.29, 1.82) is 0 Å². The molecule has 0 unspecified atom stereocenters. The molecule has 0 heterocycles. The van der Waals surface area contributed by atoms with Crippen LogP contribution in [0.15, 0.2) is 42.5 Å². The Labute approximate surface area is 125 Å². The molecule has 0 aliphatic carbocycles. The predicted octanol–water partition coefficient (Wildman–Crippen LogP) is 4.86. The summed E-state index contributed by atoms with van der Waals surface area (Å²) in [6.45, 7) is 8.12. The van der Waals surface area contributed by atoms with E-state index in [4.69, 9.17) is 0 Å². The number of ketones is 1. The monoisotopic (exact) mass is 284 g/mol. The third-order valence-corrected chi connectivity index (χ3v) is 3.68. The molecule has 2 rings (SSSR count). The summed E-state index contributed by atoms with van der Waals surface area (Å²) >= 11 is 0. The van der Waals surface area contributed by atoms with E-state index in [9.17, 15) is 9.18 Å². The number of Topliss-reactive ketones (excluding diaryl/α,β-unsaturated/α-hetero) is 1. The van der Waals surface area contributed by atoms with Gasteiger partial charge in [-0.05, 0) is 35.1 Å². The van der Waals surface area contributed by atoms with Crippen molar-refractivity contribution in [2.24, 2.45) is 0 Å². The molecule has 0 fully saturated rings. The number of hydrogen-bond donors (Lipinski definition) is 0. The van der Waals surface area contributed by atoms with Crippen molar-refractivity contribution in [3.63, 3.8) is 0 Å². The lowest BCUT2D eigenvalue weighted by molar-refractivity contribution is 0.0989. The lowest BCUT2D eigenvalue weighted by Crippen LogP contribution is -2.11. The Hall–Kier alpha value is -1.96. The summed E-state index contributed by atoms with van der Waals surface area (Å²) in [5.41, 5.74) is 2.90. The van der Waals surface area contributed by atoms with E-state index in [1.807, 2.05) is 24.3 Å². The quantitative estimate of drug-likeness (QED) is 0.736. The molecule has 2 aromatic carbocycles. The number of benzene rings is 2. The molecule has 0 aromatic heterocycles. The zero-order valence-corrected chi connectivity index (χ0v) is 13.0. The first kappa shape index (κ1) is 15.4. The van der Waals surface area contributed by atoms with Gasteiger partial charge in [-0.3, -0.25) is 4.79 Å². The molecule has 2 heteroatoms. The highest BCUT2D eigenvalue weighted by molar-refractivity contribution is 5.97. The highest BCUT2D eigenvalue weighted by atomic mass is 19.1. The minimum Gasteiger partial charge on any atom is -0.294 e. The fraction of sp³-hybridized carbons (Fsp3) is 0.316. The molecular weight excluding hydrogens is 263 g/mol. The van der Waals surface area contributed by atoms with Crippen LogP contribution in [-0.2, 0) is 11.8 Å². The van der Waals surface area contributed by atoms with Crippen molar-refractivity contribution in [2.75, 3.05) is 0 Å². The third kappa shape index (κ3) is 3.57. The molecule has 0 aliphatic heterocycles. The Morgan fingerprint density at radius 3 is 2.24 bits per heavy atom. The third-order valence-electron chi connectivity index (χ3n) is 3.68. The molecule has 2 aromatic rings. The molecular formula is C19H21FO. The molecule has 0 N–H and O–H groups in total. The van der Waals surface area contributed by atoms with Crippen LogP contribution in [0.2, 0.25) is 0 Å². The van der Waals surface area contributed by atoms with E-state index < -0.39 is 5.82 Å². The van der Waals surface area contributed by atoms with Crippen molar-refractivity contribution >= 4 is 5.78 Å². The molecule has 0 bridgehead atoms. The number of rotatable bonds is 3.